The number of aromatic nitrogens is 2. The van der Waals surface area contributed by atoms with Gasteiger partial charge in [-0.05, 0) is 81.1 Å². The van der Waals surface area contributed by atoms with Gasteiger partial charge >= 0.3 is 0 Å². The number of benzene rings is 2. The SMILES string of the molecule is CC[C@@H](C)Oc1c(Br)cc(C=Nn2c(C(C)C)nc3ccc(Br)cc3c2=O)cc1Br. The van der Waals surface area contributed by atoms with Crippen LogP contribution in [0.3, 0.4) is 0 Å². The third-order valence-corrected chi connectivity index (χ3v) is 6.26. The molecule has 2 aromatic carbocycles. The quantitative estimate of drug-likeness (QED) is 0.291. The van der Waals surface area contributed by atoms with Crippen LogP contribution in [-0.2, 0) is 0 Å². The minimum absolute atomic E-state index is 0.0349. The van der Waals surface area contributed by atoms with Gasteiger partial charge in [-0.15, -0.1) is 0 Å². The Balaban J connectivity index is 2.06. The molecule has 0 saturated heterocycles. The zero-order valence-corrected chi connectivity index (χ0v) is 21.9. The van der Waals surface area contributed by atoms with Crippen LogP contribution >= 0.6 is 47.8 Å². The first kappa shape index (κ1) is 23.2. The first-order chi connectivity index (χ1) is 14.2. The smallest absolute Gasteiger partial charge is 0.282 e. The van der Waals surface area contributed by atoms with E-state index >= 15 is 0 Å². The average molecular weight is 600 g/mol. The van der Waals surface area contributed by atoms with Crippen molar-refractivity contribution in [3.05, 3.63) is 65.5 Å². The molecule has 1 aromatic heterocycles. The molecule has 0 fully saturated rings. The second-order valence-electron chi connectivity index (χ2n) is 7.30. The van der Waals surface area contributed by atoms with Crippen LogP contribution in [0, 0.1) is 0 Å². The molecule has 0 N–H and O–H groups in total. The van der Waals surface area contributed by atoms with Gasteiger partial charge in [0.15, 0.2) is 0 Å². The largest absolute Gasteiger partial charge is 0.488 e. The van der Waals surface area contributed by atoms with Crippen LogP contribution in [0.1, 0.15) is 51.4 Å². The summed E-state index contributed by atoms with van der Waals surface area (Å²) in [5, 5.41) is 5.00. The van der Waals surface area contributed by atoms with Crippen LogP contribution in [0.2, 0.25) is 0 Å². The molecule has 3 rings (SSSR count). The van der Waals surface area contributed by atoms with Crippen molar-refractivity contribution in [1.29, 1.82) is 0 Å². The Hall–Kier alpha value is -1.51. The van der Waals surface area contributed by atoms with Crippen molar-refractivity contribution in [1.82, 2.24) is 9.66 Å². The topological polar surface area (TPSA) is 56.5 Å². The minimum atomic E-state index is -0.198. The van der Waals surface area contributed by atoms with Gasteiger partial charge in [0.25, 0.3) is 5.56 Å². The van der Waals surface area contributed by atoms with Gasteiger partial charge in [-0.3, -0.25) is 4.79 Å². The summed E-state index contributed by atoms with van der Waals surface area (Å²) < 4.78 is 9.80. The normalized spacial score (nSPS) is 12.8. The summed E-state index contributed by atoms with van der Waals surface area (Å²) in [7, 11) is 0. The van der Waals surface area contributed by atoms with E-state index in [-0.39, 0.29) is 17.6 Å². The van der Waals surface area contributed by atoms with E-state index < -0.39 is 0 Å². The third-order valence-electron chi connectivity index (χ3n) is 4.59. The predicted molar refractivity (Wildman–Crippen MR) is 133 cm³/mol. The second-order valence-corrected chi connectivity index (χ2v) is 9.92. The van der Waals surface area contributed by atoms with Crippen molar-refractivity contribution in [3.8, 4) is 5.75 Å². The molecule has 1 heterocycles. The maximum Gasteiger partial charge on any atom is 0.282 e. The standard InChI is InChI=1S/C22H22Br3N3O2/c1-5-13(4)30-20-17(24)8-14(9-18(20)25)11-26-28-21(12(2)3)27-19-7-6-15(23)10-16(19)22(28)29/h6-13H,5H2,1-4H3/t13-/m1/s1. The van der Waals surface area contributed by atoms with Gasteiger partial charge in [-0.2, -0.15) is 9.78 Å². The summed E-state index contributed by atoms with van der Waals surface area (Å²) in [6, 6.07) is 9.32. The number of nitrogens with zero attached hydrogens (tertiary/aromatic N) is 3. The number of ether oxygens (including phenoxy) is 1. The third kappa shape index (κ3) is 5.03. The van der Waals surface area contributed by atoms with E-state index in [9.17, 15) is 4.79 Å². The molecule has 0 unspecified atom stereocenters. The van der Waals surface area contributed by atoms with Crippen LogP contribution in [0.4, 0.5) is 0 Å². The van der Waals surface area contributed by atoms with E-state index in [1.165, 1.54) is 4.68 Å². The molecule has 158 valence electrons. The van der Waals surface area contributed by atoms with Gasteiger partial charge in [0.1, 0.15) is 11.6 Å². The van der Waals surface area contributed by atoms with E-state index in [1.54, 1.807) is 12.3 Å². The molecule has 5 nitrogen and oxygen atoms in total. The maximum atomic E-state index is 13.1. The van der Waals surface area contributed by atoms with Crippen molar-refractivity contribution in [2.75, 3.05) is 0 Å². The number of halogens is 3. The Morgan fingerprint density at radius 1 is 1.13 bits per heavy atom. The van der Waals surface area contributed by atoms with Crippen molar-refractivity contribution >= 4 is 64.9 Å². The molecular weight excluding hydrogens is 578 g/mol. The zero-order valence-electron chi connectivity index (χ0n) is 17.1. The zero-order chi connectivity index (χ0) is 22.0. The summed E-state index contributed by atoms with van der Waals surface area (Å²) in [4.78, 5) is 17.8. The van der Waals surface area contributed by atoms with Crippen LogP contribution in [0.25, 0.3) is 10.9 Å². The molecule has 0 spiro atoms. The lowest BCUT2D eigenvalue weighted by Gasteiger charge is -2.16. The summed E-state index contributed by atoms with van der Waals surface area (Å²) in [6.07, 6.45) is 2.67. The van der Waals surface area contributed by atoms with Crippen molar-refractivity contribution in [2.45, 2.75) is 46.1 Å². The molecule has 0 saturated carbocycles. The predicted octanol–water partition coefficient (Wildman–Crippen LogP) is 6.87. The van der Waals surface area contributed by atoms with Gasteiger partial charge in [0.05, 0.1) is 32.2 Å². The van der Waals surface area contributed by atoms with E-state index in [2.05, 4.69) is 64.8 Å². The minimum Gasteiger partial charge on any atom is -0.488 e. The molecule has 0 bridgehead atoms. The number of rotatable bonds is 6. The maximum absolute atomic E-state index is 13.1. The molecule has 0 amide bonds. The van der Waals surface area contributed by atoms with Crippen molar-refractivity contribution in [3.63, 3.8) is 0 Å². The summed E-state index contributed by atoms with van der Waals surface area (Å²) in [5.74, 6) is 1.40. The molecule has 3 aromatic rings. The summed E-state index contributed by atoms with van der Waals surface area (Å²) in [5.41, 5.74) is 1.28. The van der Waals surface area contributed by atoms with E-state index in [0.29, 0.717) is 16.7 Å². The Labute approximate surface area is 200 Å². The van der Waals surface area contributed by atoms with E-state index in [4.69, 9.17) is 4.74 Å². The fraction of sp³-hybridized carbons (Fsp3) is 0.318. The Morgan fingerprint density at radius 2 is 1.80 bits per heavy atom. The molecule has 30 heavy (non-hydrogen) atoms. The Kier molecular flexibility index (Phi) is 7.52. The highest BCUT2D eigenvalue weighted by molar-refractivity contribution is 9.11. The monoisotopic (exact) mass is 597 g/mol. The van der Waals surface area contributed by atoms with Crippen LogP contribution in [-0.4, -0.2) is 22.0 Å². The average Bonchev–Trinajstić information content (AvgIpc) is 2.69. The highest BCUT2D eigenvalue weighted by Crippen LogP contribution is 2.35. The molecule has 0 aliphatic rings. The van der Waals surface area contributed by atoms with E-state index in [1.807, 2.05) is 45.0 Å². The van der Waals surface area contributed by atoms with Gasteiger partial charge in [0.2, 0.25) is 0 Å². The number of hydrogen-bond donors (Lipinski definition) is 0. The lowest BCUT2D eigenvalue weighted by atomic mass is 10.2. The van der Waals surface area contributed by atoms with Gasteiger partial charge in [0, 0.05) is 10.4 Å². The number of hydrogen-bond acceptors (Lipinski definition) is 4. The first-order valence-electron chi connectivity index (χ1n) is 9.63. The molecule has 8 heteroatoms. The lowest BCUT2D eigenvalue weighted by Crippen LogP contribution is -2.23. The van der Waals surface area contributed by atoms with Crippen molar-refractivity contribution < 1.29 is 4.74 Å². The van der Waals surface area contributed by atoms with Gasteiger partial charge < -0.3 is 4.74 Å². The lowest BCUT2D eigenvalue weighted by molar-refractivity contribution is 0.214. The Bertz CT molecular complexity index is 1150. The van der Waals surface area contributed by atoms with Crippen LogP contribution < -0.4 is 10.3 Å². The fourth-order valence-corrected chi connectivity index (χ4v) is 4.60. The van der Waals surface area contributed by atoms with Crippen molar-refractivity contribution in [2.24, 2.45) is 5.10 Å². The summed E-state index contributed by atoms with van der Waals surface area (Å²) >= 11 is 10.6. The van der Waals surface area contributed by atoms with Crippen LogP contribution in [0.5, 0.6) is 5.75 Å². The summed E-state index contributed by atoms with van der Waals surface area (Å²) in [6.45, 7) is 8.09. The molecule has 0 aliphatic heterocycles. The Morgan fingerprint density at radius 3 is 2.40 bits per heavy atom. The molecular formula is C22H22Br3N3O2. The molecule has 0 aliphatic carbocycles. The highest BCUT2D eigenvalue weighted by Gasteiger charge is 2.15. The van der Waals surface area contributed by atoms with Crippen LogP contribution in [0.15, 0.2) is 53.6 Å². The molecule has 1 atom stereocenters. The molecule has 0 radical (unpaired) electrons. The number of fused-ring (bicyclic) bond motifs is 1. The first-order valence-corrected chi connectivity index (χ1v) is 12.0. The second kappa shape index (κ2) is 9.75. The fourth-order valence-electron chi connectivity index (χ4n) is 2.83. The highest BCUT2D eigenvalue weighted by atomic mass is 79.9. The van der Waals surface area contributed by atoms with Gasteiger partial charge in [-0.1, -0.05) is 36.7 Å². The van der Waals surface area contributed by atoms with E-state index in [0.717, 1.165) is 31.2 Å². The van der Waals surface area contributed by atoms with Gasteiger partial charge in [-0.25, -0.2) is 4.98 Å².